The zero-order chi connectivity index (χ0) is 15.7. The Bertz CT molecular complexity index is 573. The van der Waals surface area contributed by atoms with Crippen molar-refractivity contribution in [2.24, 2.45) is 17.8 Å². The standard InChI is InChI=1S/C17H21IN2O2/c1-10(15-9-11-2-3-12(15)8-11)19-16(21)17(22)20-14-6-4-13(18)5-7-14/h4-7,10-12,15H,2-3,8-9H2,1H3,(H,19,21)(H,20,22). The molecule has 2 N–H and O–H groups in total. The van der Waals surface area contributed by atoms with E-state index in [1.807, 2.05) is 19.1 Å². The third kappa shape index (κ3) is 3.45. The molecule has 1 aromatic carbocycles. The number of carbonyl (C=O) groups is 2. The largest absolute Gasteiger partial charge is 0.345 e. The number of benzene rings is 1. The zero-order valence-electron chi connectivity index (χ0n) is 12.6. The molecule has 0 spiro atoms. The van der Waals surface area contributed by atoms with E-state index in [4.69, 9.17) is 0 Å². The molecule has 2 amide bonds. The summed E-state index contributed by atoms with van der Waals surface area (Å²) >= 11 is 2.20. The fraction of sp³-hybridized carbons (Fsp3) is 0.529. The minimum Gasteiger partial charge on any atom is -0.345 e. The Morgan fingerprint density at radius 3 is 2.45 bits per heavy atom. The van der Waals surface area contributed by atoms with Crippen LogP contribution in [0.5, 0.6) is 0 Å². The fourth-order valence-electron chi connectivity index (χ4n) is 4.01. The lowest BCUT2D eigenvalue weighted by atomic mass is 9.84. The first kappa shape index (κ1) is 15.8. The summed E-state index contributed by atoms with van der Waals surface area (Å²) in [5.74, 6) is 0.994. The summed E-state index contributed by atoms with van der Waals surface area (Å²) < 4.78 is 1.09. The quantitative estimate of drug-likeness (QED) is 0.592. The van der Waals surface area contributed by atoms with E-state index in [1.54, 1.807) is 12.1 Å². The van der Waals surface area contributed by atoms with E-state index < -0.39 is 11.8 Å². The van der Waals surface area contributed by atoms with E-state index in [-0.39, 0.29) is 6.04 Å². The summed E-state index contributed by atoms with van der Waals surface area (Å²) in [6.45, 7) is 2.03. The van der Waals surface area contributed by atoms with E-state index in [0.29, 0.717) is 11.6 Å². The number of hydrogen-bond donors (Lipinski definition) is 2. The summed E-state index contributed by atoms with van der Waals surface area (Å²) in [7, 11) is 0. The molecule has 118 valence electrons. The van der Waals surface area contributed by atoms with Gasteiger partial charge in [-0.1, -0.05) is 6.42 Å². The summed E-state index contributed by atoms with van der Waals surface area (Å²) in [5.41, 5.74) is 0.646. The van der Waals surface area contributed by atoms with Crippen molar-refractivity contribution in [3.05, 3.63) is 27.8 Å². The topological polar surface area (TPSA) is 58.2 Å². The first-order valence-corrected chi connectivity index (χ1v) is 8.98. The molecule has 22 heavy (non-hydrogen) atoms. The average molecular weight is 412 g/mol. The van der Waals surface area contributed by atoms with Gasteiger partial charge < -0.3 is 10.6 Å². The second-order valence-corrected chi connectivity index (χ2v) is 7.81. The molecular weight excluding hydrogens is 391 g/mol. The van der Waals surface area contributed by atoms with Crippen LogP contribution >= 0.6 is 22.6 Å². The maximum absolute atomic E-state index is 12.1. The van der Waals surface area contributed by atoms with E-state index in [1.165, 1.54) is 25.7 Å². The monoisotopic (exact) mass is 412 g/mol. The number of rotatable bonds is 3. The Hall–Kier alpha value is -1.11. The fourth-order valence-corrected chi connectivity index (χ4v) is 4.37. The van der Waals surface area contributed by atoms with E-state index in [9.17, 15) is 9.59 Å². The van der Waals surface area contributed by atoms with Crippen LogP contribution in [0, 0.1) is 21.3 Å². The van der Waals surface area contributed by atoms with Crippen molar-refractivity contribution in [2.45, 2.75) is 38.6 Å². The molecule has 5 heteroatoms. The molecule has 4 unspecified atom stereocenters. The van der Waals surface area contributed by atoms with Crippen LogP contribution in [-0.4, -0.2) is 17.9 Å². The Kier molecular flexibility index (Phi) is 4.70. The van der Waals surface area contributed by atoms with Crippen molar-refractivity contribution < 1.29 is 9.59 Å². The molecule has 2 bridgehead atoms. The van der Waals surface area contributed by atoms with Gasteiger partial charge in [0.1, 0.15) is 0 Å². The Morgan fingerprint density at radius 2 is 1.86 bits per heavy atom. The van der Waals surface area contributed by atoms with Crippen molar-refractivity contribution in [1.82, 2.24) is 5.32 Å². The molecule has 0 aromatic heterocycles. The number of carbonyl (C=O) groups excluding carboxylic acids is 2. The molecular formula is C17H21IN2O2. The number of fused-ring (bicyclic) bond motifs is 2. The SMILES string of the molecule is CC(NC(=O)C(=O)Nc1ccc(I)cc1)C1CC2CCC1C2. The predicted octanol–water partition coefficient (Wildman–Crippen LogP) is 3.17. The number of amides is 2. The van der Waals surface area contributed by atoms with Gasteiger partial charge in [-0.15, -0.1) is 0 Å². The molecule has 0 aliphatic heterocycles. The van der Waals surface area contributed by atoms with Crippen molar-refractivity contribution in [3.8, 4) is 0 Å². The molecule has 4 nitrogen and oxygen atoms in total. The van der Waals surface area contributed by atoms with E-state index in [2.05, 4.69) is 33.2 Å². The van der Waals surface area contributed by atoms with Gasteiger partial charge in [-0.2, -0.15) is 0 Å². The van der Waals surface area contributed by atoms with Crippen LogP contribution in [0.2, 0.25) is 0 Å². The first-order chi connectivity index (χ1) is 10.5. The third-order valence-corrected chi connectivity index (χ3v) is 5.82. The van der Waals surface area contributed by atoms with Crippen LogP contribution < -0.4 is 10.6 Å². The Balaban J connectivity index is 1.52. The molecule has 0 radical (unpaired) electrons. The molecule has 0 heterocycles. The summed E-state index contributed by atoms with van der Waals surface area (Å²) in [6.07, 6.45) is 5.13. The smallest absolute Gasteiger partial charge is 0.313 e. The second kappa shape index (κ2) is 6.56. The van der Waals surface area contributed by atoms with Gasteiger partial charge in [0.05, 0.1) is 0 Å². The van der Waals surface area contributed by atoms with Crippen LogP contribution in [0.15, 0.2) is 24.3 Å². The van der Waals surface area contributed by atoms with Crippen LogP contribution in [-0.2, 0) is 9.59 Å². The Morgan fingerprint density at radius 1 is 1.14 bits per heavy atom. The van der Waals surface area contributed by atoms with Gasteiger partial charge in [-0.05, 0) is 90.8 Å². The summed E-state index contributed by atoms with van der Waals surface area (Å²) in [5, 5.41) is 5.53. The average Bonchev–Trinajstić information content (AvgIpc) is 3.12. The highest BCUT2D eigenvalue weighted by atomic mass is 127. The van der Waals surface area contributed by atoms with Crippen molar-refractivity contribution >= 4 is 40.1 Å². The minimum atomic E-state index is -0.587. The molecule has 4 atom stereocenters. The van der Waals surface area contributed by atoms with Crippen LogP contribution in [0.25, 0.3) is 0 Å². The molecule has 2 aliphatic rings. The van der Waals surface area contributed by atoms with Gasteiger partial charge in [0.15, 0.2) is 0 Å². The van der Waals surface area contributed by atoms with Gasteiger partial charge in [0.2, 0.25) is 0 Å². The lowest BCUT2D eigenvalue weighted by molar-refractivity contribution is -0.136. The number of hydrogen-bond acceptors (Lipinski definition) is 2. The van der Waals surface area contributed by atoms with Gasteiger partial charge in [0, 0.05) is 15.3 Å². The summed E-state index contributed by atoms with van der Waals surface area (Å²) in [6, 6.07) is 7.46. The van der Waals surface area contributed by atoms with Crippen LogP contribution in [0.3, 0.4) is 0 Å². The third-order valence-electron chi connectivity index (χ3n) is 5.10. The normalized spacial score (nSPS) is 27.5. The maximum Gasteiger partial charge on any atom is 0.313 e. The molecule has 3 rings (SSSR count). The predicted molar refractivity (Wildman–Crippen MR) is 94.3 cm³/mol. The molecule has 2 saturated carbocycles. The number of nitrogens with one attached hydrogen (secondary N) is 2. The highest BCUT2D eigenvalue weighted by molar-refractivity contribution is 14.1. The molecule has 1 aromatic rings. The first-order valence-electron chi connectivity index (χ1n) is 7.90. The Labute approximate surface area is 144 Å². The van der Waals surface area contributed by atoms with Crippen LogP contribution in [0.1, 0.15) is 32.6 Å². The van der Waals surface area contributed by atoms with E-state index in [0.717, 1.165) is 15.4 Å². The maximum atomic E-state index is 12.1. The van der Waals surface area contributed by atoms with Crippen molar-refractivity contribution in [2.75, 3.05) is 5.32 Å². The minimum absolute atomic E-state index is 0.0743. The van der Waals surface area contributed by atoms with Gasteiger partial charge >= 0.3 is 11.8 Å². The number of anilines is 1. The molecule has 0 saturated heterocycles. The van der Waals surface area contributed by atoms with Gasteiger partial charge in [0.25, 0.3) is 0 Å². The molecule has 2 aliphatic carbocycles. The lowest BCUT2D eigenvalue weighted by Gasteiger charge is -2.28. The van der Waals surface area contributed by atoms with Gasteiger partial charge in [-0.25, -0.2) is 0 Å². The zero-order valence-corrected chi connectivity index (χ0v) is 14.8. The van der Waals surface area contributed by atoms with Crippen molar-refractivity contribution in [1.29, 1.82) is 0 Å². The number of halogens is 1. The van der Waals surface area contributed by atoms with E-state index >= 15 is 0 Å². The van der Waals surface area contributed by atoms with Gasteiger partial charge in [-0.3, -0.25) is 9.59 Å². The second-order valence-electron chi connectivity index (χ2n) is 6.56. The summed E-state index contributed by atoms with van der Waals surface area (Å²) in [4.78, 5) is 24.0. The highest BCUT2D eigenvalue weighted by Gasteiger charge is 2.42. The molecule has 2 fully saturated rings. The van der Waals surface area contributed by atoms with Crippen molar-refractivity contribution in [3.63, 3.8) is 0 Å². The lowest BCUT2D eigenvalue weighted by Crippen LogP contribution is -2.45. The van der Waals surface area contributed by atoms with Crippen LogP contribution in [0.4, 0.5) is 5.69 Å². The highest BCUT2D eigenvalue weighted by Crippen LogP contribution is 2.49.